The molecule has 0 saturated carbocycles. The number of aryl methyl sites for hydroxylation is 2. The summed E-state index contributed by atoms with van der Waals surface area (Å²) in [7, 11) is 0. The average Bonchev–Trinajstić information content (AvgIpc) is 3.17. The number of benzene rings is 1. The number of hydrogen-bond donors (Lipinski definition) is 0. The van der Waals surface area contributed by atoms with Gasteiger partial charge in [0, 0.05) is 30.3 Å². The standard InChI is InChI=1S/C23H31N3O2/c1-6-25-20(13-18-8-7-17(14-24)12-21(18)25)10-9-19-11-16(2)15-26(19)22(27)28-23(3,4)5/h7-8,12-13,16,19H,6,9-11,15H2,1-5H3/t16-,19-/m0/s1. The van der Waals surface area contributed by atoms with Crippen molar-refractivity contribution in [2.24, 2.45) is 5.92 Å². The van der Waals surface area contributed by atoms with Crippen molar-refractivity contribution < 1.29 is 9.53 Å². The third-order valence-electron chi connectivity index (χ3n) is 5.42. The number of hydrogen-bond acceptors (Lipinski definition) is 3. The van der Waals surface area contributed by atoms with E-state index in [1.54, 1.807) is 0 Å². The number of likely N-dealkylation sites (tertiary alicyclic amines) is 1. The molecule has 1 aliphatic heterocycles. The number of carbonyl (C=O) groups is 1. The van der Waals surface area contributed by atoms with Crippen LogP contribution in [0.3, 0.4) is 0 Å². The Morgan fingerprint density at radius 2 is 2.07 bits per heavy atom. The predicted octanol–water partition coefficient (Wildman–Crippen LogP) is 5.11. The Morgan fingerprint density at radius 1 is 1.32 bits per heavy atom. The first-order valence-electron chi connectivity index (χ1n) is 10.2. The minimum absolute atomic E-state index is 0.198. The zero-order valence-electron chi connectivity index (χ0n) is 17.7. The lowest BCUT2D eigenvalue weighted by Crippen LogP contribution is -2.40. The van der Waals surface area contributed by atoms with Crippen molar-refractivity contribution in [1.29, 1.82) is 5.26 Å². The van der Waals surface area contributed by atoms with E-state index < -0.39 is 5.60 Å². The first-order chi connectivity index (χ1) is 13.2. The van der Waals surface area contributed by atoms with Crippen LogP contribution in [0.25, 0.3) is 10.9 Å². The van der Waals surface area contributed by atoms with Crippen LogP contribution in [-0.2, 0) is 17.7 Å². The molecular formula is C23H31N3O2. The van der Waals surface area contributed by atoms with Crippen LogP contribution in [0.15, 0.2) is 24.3 Å². The Kier molecular flexibility index (Phi) is 5.69. The molecule has 5 heteroatoms. The number of nitriles is 1. The molecule has 2 heterocycles. The fourth-order valence-electron chi connectivity index (χ4n) is 4.25. The van der Waals surface area contributed by atoms with Gasteiger partial charge in [-0.05, 0) is 76.5 Å². The largest absolute Gasteiger partial charge is 0.444 e. The molecule has 1 fully saturated rings. The third kappa shape index (κ3) is 4.32. The maximum absolute atomic E-state index is 12.6. The molecule has 2 atom stereocenters. The second-order valence-electron chi connectivity index (χ2n) is 8.93. The molecule has 0 bridgehead atoms. The number of nitrogens with zero attached hydrogens (tertiary/aromatic N) is 3. The van der Waals surface area contributed by atoms with Crippen LogP contribution in [0.4, 0.5) is 4.79 Å². The van der Waals surface area contributed by atoms with Crippen molar-refractivity contribution in [1.82, 2.24) is 9.47 Å². The third-order valence-corrected chi connectivity index (χ3v) is 5.42. The van der Waals surface area contributed by atoms with E-state index in [-0.39, 0.29) is 12.1 Å². The van der Waals surface area contributed by atoms with Gasteiger partial charge in [-0.15, -0.1) is 0 Å². The van der Waals surface area contributed by atoms with E-state index in [9.17, 15) is 10.1 Å². The van der Waals surface area contributed by atoms with Gasteiger partial charge in [-0.2, -0.15) is 5.26 Å². The molecule has 0 radical (unpaired) electrons. The Morgan fingerprint density at radius 3 is 2.71 bits per heavy atom. The fourth-order valence-corrected chi connectivity index (χ4v) is 4.25. The maximum Gasteiger partial charge on any atom is 0.410 e. The number of carbonyl (C=O) groups excluding carboxylic acids is 1. The summed E-state index contributed by atoms with van der Waals surface area (Å²) in [5.41, 5.74) is 2.59. The van der Waals surface area contributed by atoms with Gasteiger partial charge in [0.15, 0.2) is 0 Å². The van der Waals surface area contributed by atoms with Crippen molar-refractivity contribution in [3.63, 3.8) is 0 Å². The van der Waals surface area contributed by atoms with Gasteiger partial charge in [-0.25, -0.2) is 4.79 Å². The van der Waals surface area contributed by atoms with Crippen LogP contribution in [0.5, 0.6) is 0 Å². The normalized spacial score (nSPS) is 19.8. The lowest BCUT2D eigenvalue weighted by molar-refractivity contribution is 0.0216. The lowest BCUT2D eigenvalue weighted by atomic mass is 10.0. The summed E-state index contributed by atoms with van der Waals surface area (Å²) >= 11 is 0. The fraction of sp³-hybridized carbons (Fsp3) is 0.565. The summed E-state index contributed by atoms with van der Waals surface area (Å²) < 4.78 is 7.91. The molecule has 1 amide bonds. The van der Waals surface area contributed by atoms with Gasteiger partial charge in [-0.1, -0.05) is 13.0 Å². The SMILES string of the molecule is CCn1c(CC[C@H]2C[C@H](C)CN2C(=O)OC(C)(C)C)cc2ccc(C#N)cc21. The molecule has 28 heavy (non-hydrogen) atoms. The molecule has 0 N–H and O–H groups in total. The van der Waals surface area contributed by atoms with Crippen LogP contribution in [0.1, 0.15) is 58.7 Å². The molecular weight excluding hydrogens is 350 g/mol. The Bertz CT molecular complexity index is 901. The van der Waals surface area contributed by atoms with E-state index in [4.69, 9.17) is 4.74 Å². The number of aromatic nitrogens is 1. The number of ether oxygens (including phenoxy) is 1. The molecule has 150 valence electrons. The van der Waals surface area contributed by atoms with Crippen LogP contribution in [0.2, 0.25) is 0 Å². The highest BCUT2D eigenvalue weighted by Gasteiger charge is 2.35. The van der Waals surface area contributed by atoms with Crippen LogP contribution in [-0.4, -0.2) is 33.7 Å². The number of rotatable bonds is 4. The molecule has 0 unspecified atom stereocenters. The Labute approximate surface area is 167 Å². The van der Waals surface area contributed by atoms with Crippen LogP contribution in [0, 0.1) is 17.2 Å². The van der Waals surface area contributed by atoms with Gasteiger partial charge >= 0.3 is 6.09 Å². The van der Waals surface area contributed by atoms with Crippen molar-refractivity contribution in [2.75, 3.05) is 6.54 Å². The highest BCUT2D eigenvalue weighted by atomic mass is 16.6. The van der Waals surface area contributed by atoms with E-state index in [1.807, 2.05) is 43.9 Å². The topological polar surface area (TPSA) is 58.3 Å². The van der Waals surface area contributed by atoms with Gasteiger partial charge < -0.3 is 14.2 Å². The monoisotopic (exact) mass is 381 g/mol. The van der Waals surface area contributed by atoms with Crippen molar-refractivity contribution >= 4 is 17.0 Å². The van der Waals surface area contributed by atoms with Gasteiger partial charge in [0.1, 0.15) is 5.60 Å². The first-order valence-corrected chi connectivity index (χ1v) is 10.2. The van der Waals surface area contributed by atoms with Crippen LogP contribution >= 0.6 is 0 Å². The smallest absolute Gasteiger partial charge is 0.410 e. The summed E-state index contributed by atoms with van der Waals surface area (Å²) in [4.78, 5) is 14.5. The maximum atomic E-state index is 12.6. The average molecular weight is 382 g/mol. The van der Waals surface area contributed by atoms with Crippen molar-refractivity contribution in [2.45, 2.75) is 72.1 Å². The van der Waals surface area contributed by atoms with E-state index in [2.05, 4.69) is 30.6 Å². The molecule has 1 aliphatic rings. The van der Waals surface area contributed by atoms with Crippen molar-refractivity contribution in [3.8, 4) is 6.07 Å². The molecule has 3 rings (SSSR count). The molecule has 5 nitrogen and oxygen atoms in total. The van der Waals surface area contributed by atoms with E-state index in [0.29, 0.717) is 11.5 Å². The van der Waals surface area contributed by atoms with E-state index in [1.165, 1.54) is 11.1 Å². The summed E-state index contributed by atoms with van der Waals surface area (Å²) in [6.07, 6.45) is 2.65. The summed E-state index contributed by atoms with van der Waals surface area (Å²) in [5.74, 6) is 0.493. The zero-order valence-corrected chi connectivity index (χ0v) is 17.7. The summed E-state index contributed by atoms with van der Waals surface area (Å²) in [6, 6.07) is 10.5. The van der Waals surface area contributed by atoms with Gasteiger partial charge in [0.2, 0.25) is 0 Å². The summed E-state index contributed by atoms with van der Waals surface area (Å²) in [5, 5.41) is 10.4. The van der Waals surface area contributed by atoms with Crippen molar-refractivity contribution in [3.05, 3.63) is 35.5 Å². The second-order valence-corrected chi connectivity index (χ2v) is 8.93. The minimum atomic E-state index is -0.472. The summed E-state index contributed by atoms with van der Waals surface area (Å²) in [6.45, 7) is 11.7. The highest BCUT2D eigenvalue weighted by molar-refractivity contribution is 5.82. The second kappa shape index (κ2) is 7.87. The van der Waals surface area contributed by atoms with E-state index in [0.717, 1.165) is 37.9 Å². The molecule has 1 saturated heterocycles. The molecule has 1 aromatic carbocycles. The van der Waals surface area contributed by atoms with Gasteiger partial charge in [-0.3, -0.25) is 0 Å². The minimum Gasteiger partial charge on any atom is -0.444 e. The van der Waals surface area contributed by atoms with Crippen LogP contribution < -0.4 is 0 Å². The first kappa shape index (κ1) is 20.3. The van der Waals surface area contributed by atoms with E-state index >= 15 is 0 Å². The highest BCUT2D eigenvalue weighted by Crippen LogP contribution is 2.29. The predicted molar refractivity (Wildman–Crippen MR) is 111 cm³/mol. The number of fused-ring (bicyclic) bond motifs is 1. The quantitative estimate of drug-likeness (QED) is 0.739. The molecule has 2 aromatic rings. The van der Waals surface area contributed by atoms with Gasteiger partial charge in [0.25, 0.3) is 0 Å². The molecule has 0 spiro atoms. The molecule has 1 aromatic heterocycles. The number of amides is 1. The van der Waals surface area contributed by atoms with Gasteiger partial charge in [0.05, 0.1) is 11.6 Å². The Hall–Kier alpha value is -2.48. The Balaban J connectivity index is 1.77. The lowest BCUT2D eigenvalue weighted by Gasteiger charge is -2.28. The zero-order chi connectivity index (χ0) is 20.5. The molecule has 0 aliphatic carbocycles.